The quantitative estimate of drug-likeness (QED) is 0.0420. The zero-order valence-electron chi connectivity index (χ0n) is 47.9. The molecule has 0 saturated carbocycles. The maximum absolute atomic E-state index is 12.5. The summed E-state index contributed by atoms with van der Waals surface area (Å²) in [6.45, 7) is 4.18. The van der Waals surface area contributed by atoms with Crippen LogP contribution >= 0.6 is 0 Å². The summed E-state index contributed by atoms with van der Waals surface area (Å²) in [6, 6.07) is -0.672. The average Bonchev–Trinajstić information content (AvgIpc) is 3.40. The second-order valence-corrected chi connectivity index (χ2v) is 20.4. The summed E-state index contributed by atoms with van der Waals surface area (Å²) < 4.78 is 0. The molecule has 0 fully saturated rings. The highest BCUT2D eigenvalue weighted by Gasteiger charge is 2.18. The van der Waals surface area contributed by atoms with Crippen LogP contribution in [0, 0.1) is 0 Å². The van der Waals surface area contributed by atoms with E-state index < -0.39 is 12.1 Å². The molecule has 0 aromatic carbocycles. The fraction of sp³-hybridized carbons (Fsp3) is 0.667. The van der Waals surface area contributed by atoms with E-state index in [0.717, 1.165) is 109 Å². The zero-order valence-corrected chi connectivity index (χ0v) is 47.9. The van der Waals surface area contributed by atoms with E-state index >= 15 is 0 Å². The Morgan fingerprint density at radius 1 is 0.342 bits per heavy atom. The molecule has 73 heavy (non-hydrogen) atoms. The van der Waals surface area contributed by atoms with Crippen LogP contribution < -0.4 is 5.32 Å². The third-order valence-electron chi connectivity index (χ3n) is 13.3. The number of nitrogens with one attached hydrogen (secondary N) is 1. The number of hydrogen-bond donors (Lipinski definition) is 3. The van der Waals surface area contributed by atoms with Gasteiger partial charge >= 0.3 is 0 Å². The van der Waals surface area contributed by atoms with Crippen molar-refractivity contribution in [1.82, 2.24) is 5.32 Å². The van der Waals surface area contributed by atoms with Crippen LogP contribution in [0.2, 0.25) is 0 Å². The van der Waals surface area contributed by atoms with Crippen molar-refractivity contribution in [3.8, 4) is 0 Å². The van der Waals surface area contributed by atoms with Crippen molar-refractivity contribution >= 4 is 5.91 Å². The molecule has 0 aliphatic heterocycles. The summed E-state index contributed by atoms with van der Waals surface area (Å²) in [5, 5.41) is 23.2. The minimum Gasteiger partial charge on any atom is -0.394 e. The van der Waals surface area contributed by atoms with Crippen molar-refractivity contribution in [3.63, 3.8) is 0 Å². The molecule has 0 aromatic heterocycles. The fourth-order valence-corrected chi connectivity index (χ4v) is 8.70. The number of allylic oxidation sites excluding steroid dienone is 21. The first-order valence-corrected chi connectivity index (χ1v) is 30.9. The van der Waals surface area contributed by atoms with E-state index in [1.165, 1.54) is 148 Å². The van der Waals surface area contributed by atoms with E-state index in [2.05, 4.69) is 141 Å². The molecule has 0 aliphatic carbocycles. The molecule has 4 nitrogen and oxygen atoms in total. The van der Waals surface area contributed by atoms with Crippen LogP contribution in [0.4, 0.5) is 0 Å². The van der Waals surface area contributed by atoms with Gasteiger partial charge in [0, 0.05) is 6.42 Å². The van der Waals surface area contributed by atoms with Gasteiger partial charge in [0.05, 0.1) is 18.8 Å². The van der Waals surface area contributed by atoms with Crippen molar-refractivity contribution in [3.05, 3.63) is 134 Å². The van der Waals surface area contributed by atoms with Crippen molar-refractivity contribution in [1.29, 1.82) is 0 Å². The Bertz CT molecular complexity index is 1470. The number of aliphatic hydroxyl groups is 2. The first kappa shape index (κ1) is 69.5. The van der Waals surface area contributed by atoms with Gasteiger partial charge in [0.1, 0.15) is 0 Å². The second kappa shape index (κ2) is 62.8. The van der Waals surface area contributed by atoms with E-state index in [-0.39, 0.29) is 12.5 Å². The van der Waals surface area contributed by atoms with Gasteiger partial charge in [-0.15, -0.1) is 0 Å². The smallest absolute Gasteiger partial charge is 0.220 e. The molecule has 2 atom stereocenters. The van der Waals surface area contributed by atoms with Crippen molar-refractivity contribution < 1.29 is 15.0 Å². The van der Waals surface area contributed by atoms with E-state index in [1.807, 2.05) is 6.08 Å². The van der Waals surface area contributed by atoms with Gasteiger partial charge in [0.15, 0.2) is 0 Å². The summed E-state index contributed by atoms with van der Waals surface area (Å²) in [5.41, 5.74) is 0. The van der Waals surface area contributed by atoms with Crippen LogP contribution in [0.5, 0.6) is 0 Å². The number of aliphatic hydroxyl groups excluding tert-OH is 2. The van der Waals surface area contributed by atoms with E-state index in [4.69, 9.17) is 0 Å². The minimum absolute atomic E-state index is 0.106. The molecule has 4 heteroatoms. The van der Waals surface area contributed by atoms with Crippen molar-refractivity contribution in [2.24, 2.45) is 0 Å². The van der Waals surface area contributed by atoms with Crippen molar-refractivity contribution in [2.75, 3.05) is 6.61 Å². The fourth-order valence-electron chi connectivity index (χ4n) is 8.70. The van der Waals surface area contributed by atoms with Gasteiger partial charge in [0.25, 0.3) is 0 Å². The lowest BCUT2D eigenvalue weighted by Crippen LogP contribution is -2.45. The number of unbranched alkanes of at least 4 members (excludes halogenated alkanes) is 28. The Hall–Kier alpha value is -3.47. The van der Waals surface area contributed by atoms with Gasteiger partial charge in [0.2, 0.25) is 5.91 Å². The molecule has 0 radical (unpaired) electrons. The number of carbonyl (C=O) groups excluding carboxylic acids is 1. The van der Waals surface area contributed by atoms with Crippen LogP contribution in [0.25, 0.3) is 0 Å². The highest BCUT2D eigenvalue weighted by Crippen LogP contribution is 2.16. The monoisotopic (exact) mass is 1010 g/mol. The molecular weight excluding hydrogens is 891 g/mol. The van der Waals surface area contributed by atoms with Crippen LogP contribution in [-0.4, -0.2) is 34.9 Å². The summed E-state index contributed by atoms with van der Waals surface area (Å²) in [6.07, 6.45) is 97.8. The first-order valence-electron chi connectivity index (χ1n) is 30.9. The largest absolute Gasteiger partial charge is 0.394 e. The second-order valence-electron chi connectivity index (χ2n) is 20.4. The standard InChI is InChI=1S/C69H117NO3/c1-3-5-7-9-11-13-15-17-19-21-23-25-27-29-31-33-34-35-37-38-40-42-44-46-48-50-52-54-56-58-60-62-64-68(72)67(66-71)70-69(73)65-63-61-59-57-55-53-51-49-47-45-43-41-39-36-32-30-28-26-24-22-20-18-16-14-12-10-8-6-4-2/h6,8,12,14,18,20,24,26,30,32,39,41,45-48,51,53-54,56,62,64,67-68,71-72H,3-5,7,9-11,13,15-17,19,21-23,25,27-29,31,33-38,40,42-44,49-50,52,55,57-61,63,65-66H2,1-2H3,(H,70,73)/b8-6-,14-12-,20-18-,26-24-,32-30-,41-39-,47-45-,48-46+,53-51-,56-54+,64-62+. The normalized spacial score (nSPS) is 13.8. The highest BCUT2D eigenvalue weighted by molar-refractivity contribution is 5.76. The first-order chi connectivity index (χ1) is 36.2. The van der Waals surface area contributed by atoms with Gasteiger partial charge in [-0.25, -0.2) is 0 Å². The molecule has 0 bridgehead atoms. The molecule has 0 saturated heterocycles. The molecule has 0 rings (SSSR count). The van der Waals surface area contributed by atoms with Crippen LogP contribution in [0.15, 0.2) is 134 Å². The van der Waals surface area contributed by atoms with Gasteiger partial charge in [-0.05, 0) is 109 Å². The summed E-state index contributed by atoms with van der Waals surface area (Å²) in [4.78, 5) is 12.5. The summed E-state index contributed by atoms with van der Waals surface area (Å²) in [5.74, 6) is -0.106. The average molecular weight is 1010 g/mol. The summed E-state index contributed by atoms with van der Waals surface area (Å²) >= 11 is 0. The Kier molecular flexibility index (Phi) is 59.8. The predicted octanol–water partition coefficient (Wildman–Crippen LogP) is 21.0. The molecule has 0 spiro atoms. The lowest BCUT2D eigenvalue weighted by Gasteiger charge is -2.19. The van der Waals surface area contributed by atoms with Crippen LogP contribution in [0.1, 0.15) is 277 Å². The van der Waals surface area contributed by atoms with E-state index in [1.54, 1.807) is 6.08 Å². The molecule has 3 N–H and O–H groups in total. The molecule has 0 aromatic rings. The molecule has 0 aliphatic rings. The Morgan fingerprint density at radius 2 is 0.616 bits per heavy atom. The van der Waals surface area contributed by atoms with E-state index in [9.17, 15) is 15.0 Å². The summed E-state index contributed by atoms with van der Waals surface area (Å²) in [7, 11) is 0. The SMILES string of the molecule is CC/C=C\C/C=C\C/C=C\C/C=C\C/C=C\C/C=C\C/C=C\C/C=C\CCCCCCC(=O)NC(CO)C(O)/C=C/CC/C=C/CC/C=C/CCCCCCCCCCCCCCCCCCCCCCCC. The highest BCUT2D eigenvalue weighted by atomic mass is 16.3. The molecule has 2 unspecified atom stereocenters. The molecular formula is C69H117NO3. The number of rotatable bonds is 55. The Morgan fingerprint density at radius 3 is 0.959 bits per heavy atom. The third kappa shape index (κ3) is 59.3. The van der Waals surface area contributed by atoms with Gasteiger partial charge in [-0.1, -0.05) is 295 Å². The van der Waals surface area contributed by atoms with Crippen LogP contribution in [-0.2, 0) is 4.79 Å². The Labute approximate surface area is 453 Å². The lowest BCUT2D eigenvalue weighted by molar-refractivity contribution is -0.123. The van der Waals surface area contributed by atoms with Gasteiger partial charge in [-0.2, -0.15) is 0 Å². The lowest BCUT2D eigenvalue weighted by atomic mass is 10.0. The Balaban J connectivity index is 3.66. The minimum atomic E-state index is -0.894. The topological polar surface area (TPSA) is 69.6 Å². The maximum atomic E-state index is 12.5. The van der Waals surface area contributed by atoms with Gasteiger partial charge < -0.3 is 15.5 Å². The molecule has 0 heterocycles. The zero-order chi connectivity index (χ0) is 52.7. The maximum Gasteiger partial charge on any atom is 0.220 e. The number of carbonyl (C=O) groups is 1. The number of amides is 1. The van der Waals surface area contributed by atoms with Crippen molar-refractivity contribution in [2.45, 2.75) is 289 Å². The van der Waals surface area contributed by atoms with Crippen LogP contribution in [0.3, 0.4) is 0 Å². The molecule has 416 valence electrons. The third-order valence-corrected chi connectivity index (χ3v) is 13.3. The molecule has 1 amide bonds. The van der Waals surface area contributed by atoms with E-state index in [0.29, 0.717) is 6.42 Å². The number of hydrogen-bond acceptors (Lipinski definition) is 3. The predicted molar refractivity (Wildman–Crippen MR) is 326 cm³/mol. The van der Waals surface area contributed by atoms with Gasteiger partial charge in [-0.3, -0.25) is 4.79 Å².